The van der Waals surface area contributed by atoms with Crippen molar-refractivity contribution in [1.82, 2.24) is 19.7 Å². The summed E-state index contributed by atoms with van der Waals surface area (Å²) < 4.78 is 1.85. The summed E-state index contributed by atoms with van der Waals surface area (Å²) >= 11 is 1.33. The molecule has 0 aliphatic heterocycles. The van der Waals surface area contributed by atoms with Crippen LogP contribution in [0.2, 0.25) is 0 Å². The van der Waals surface area contributed by atoms with Gasteiger partial charge in [-0.3, -0.25) is 4.79 Å². The first-order chi connectivity index (χ1) is 15.4. The fraction of sp³-hybridized carbons (Fsp3) is 0.200. The van der Waals surface area contributed by atoms with Gasteiger partial charge in [-0.2, -0.15) is 5.10 Å². The van der Waals surface area contributed by atoms with Gasteiger partial charge in [0, 0.05) is 11.3 Å². The second kappa shape index (κ2) is 9.36. The van der Waals surface area contributed by atoms with E-state index in [1.165, 1.54) is 17.3 Å². The van der Waals surface area contributed by atoms with Crippen LogP contribution in [0.4, 0.5) is 5.69 Å². The summed E-state index contributed by atoms with van der Waals surface area (Å²) in [5, 5.41) is 8.21. The first kappa shape index (κ1) is 21.8. The van der Waals surface area contributed by atoms with Crippen LogP contribution in [0.1, 0.15) is 22.6 Å². The van der Waals surface area contributed by atoms with E-state index in [0.29, 0.717) is 5.16 Å². The third-order valence-corrected chi connectivity index (χ3v) is 5.92. The molecule has 0 saturated heterocycles. The molecule has 4 aromatic rings. The smallest absolute Gasteiger partial charge is 0.234 e. The Bertz CT molecular complexity index is 1250. The molecule has 0 unspecified atom stereocenters. The molecule has 162 valence electrons. The van der Waals surface area contributed by atoms with Crippen molar-refractivity contribution in [3.63, 3.8) is 0 Å². The molecular weight excluding hydrogens is 418 g/mol. The molecule has 0 radical (unpaired) electrons. The molecule has 0 saturated carbocycles. The van der Waals surface area contributed by atoms with Crippen LogP contribution < -0.4 is 5.32 Å². The molecule has 7 heteroatoms. The standard InChI is InChI=1S/C25H25N5OS/c1-16-10-12-21(13-11-16)30-19(4)24(18(3)29-30)28-23(31)15-32-25-26-17(2)14-22(27-25)20-8-6-5-7-9-20/h5-14H,15H2,1-4H3,(H,28,31). The predicted molar refractivity (Wildman–Crippen MR) is 129 cm³/mol. The summed E-state index contributed by atoms with van der Waals surface area (Å²) in [6.45, 7) is 7.84. The lowest BCUT2D eigenvalue weighted by atomic mass is 10.1. The first-order valence-electron chi connectivity index (χ1n) is 10.4. The summed E-state index contributed by atoms with van der Waals surface area (Å²) in [5.41, 5.74) is 7.31. The molecule has 4 rings (SSSR count). The lowest BCUT2D eigenvalue weighted by Gasteiger charge is -2.08. The van der Waals surface area contributed by atoms with E-state index in [0.717, 1.165) is 39.7 Å². The van der Waals surface area contributed by atoms with Gasteiger partial charge in [0.05, 0.1) is 34.2 Å². The Morgan fingerprint density at radius 1 is 0.969 bits per heavy atom. The molecule has 32 heavy (non-hydrogen) atoms. The van der Waals surface area contributed by atoms with Crippen molar-refractivity contribution < 1.29 is 4.79 Å². The van der Waals surface area contributed by atoms with Crippen LogP contribution in [0, 0.1) is 27.7 Å². The first-order valence-corrected chi connectivity index (χ1v) is 11.4. The summed E-state index contributed by atoms with van der Waals surface area (Å²) in [5.74, 6) is 0.0998. The number of aromatic nitrogens is 4. The van der Waals surface area contributed by atoms with Crippen LogP contribution in [-0.2, 0) is 4.79 Å². The molecule has 0 atom stereocenters. The lowest BCUT2D eigenvalue weighted by Crippen LogP contribution is -2.15. The third-order valence-electron chi connectivity index (χ3n) is 5.07. The van der Waals surface area contributed by atoms with Gasteiger partial charge in [-0.1, -0.05) is 59.8 Å². The highest BCUT2D eigenvalue weighted by Crippen LogP contribution is 2.25. The molecule has 0 aliphatic rings. The van der Waals surface area contributed by atoms with Crippen LogP contribution in [-0.4, -0.2) is 31.4 Å². The number of thioether (sulfide) groups is 1. The molecular formula is C25H25N5OS. The van der Waals surface area contributed by atoms with Crippen LogP contribution >= 0.6 is 11.8 Å². The molecule has 0 fully saturated rings. The molecule has 2 aromatic heterocycles. The molecule has 1 N–H and O–H groups in total. The van der Waals surface area contributed by atoms with Crippen molar-refractivity contribution in [2.24, 2.45) is 0 Å². The van der Waals surface area contributed by atoms with E-state index in [9.17, 15) is 4.79 Å². The van der Waals surface area contributed by atoms with Crippen molar-refractivity contribution in [2.75, 3.05) is 11.1 Å². The number of anilines is 1. The Kier molecular flexibility index (Phi) is 6.37. The van der Waals surface area contributed by atoms with E-state index < -0.39 is 0 Å². The van der Waals surface area contributed by atoms with E-state index in [1.54, 1.807) is 0 Å². The van der Waals surface area contributed by atoms with Crippen molar-refractivity contribution >= 4 is 23.4 Å². The van der Waals surface area contributed by atoms with Crippen LogP contribution in [0.5, 0.6) is 0 Å². The fourth-order valence-corrected chi connectivity index (χ4v) is 4.13. The minimum absolute atomic E-state index is 0.115. The number of hydrogen-bond acceptors (Lipinski definition) is 5. The molecule has 0 aliphatic carbocycles. The zero-order chi connectivity index (χ0) is 22.7. The Labute approximate surface area is 192 Å². The Hall–Kier alpha value is -3.45. The lowest BCUT2D eigenvalue weighted by molar-refractivity contribution is -0.113. The average Bonchev–Trinajstić information content (AvgIpc) is 3.07. The van der Waals surface area contributed by atoms with Crippen molar-refractivity contribution in [1.29, 1.82) is 0 Å². The predicted octanol–water partition coefficient (Wildman–Crippen LogP) is 5.29. The largest absolute Gasteiger partial charge is 0.322 e. The third kappa shape index (κ3) is 4.89. The quantitative estimate of drug-likeness (QED) is 0.324. The summed E-state index contributed by atoms with van der Waals surface area (Å²) in [7, 11) is 0. The normalized spacial score (nSPS) is 10.9. The van der Waals surface area contributed by atoms with Gasteiger partial charge in [0.2, 0.25) is 5.91 Å². The average molecular weight is 444 g/mol. The summed E-state index contributed by atoms with van der Waals surface area (Å²) in [4.78, 5) is 21.8. The molecule has 0 spiro atoms. The van der Waals surface area contributed by atoms with Crippen molar-refractivity contribution in [2.45, 2.75) is 32.9 Å². The maximum atomic E-state index is 12.7. The van der Waals surface area contributed by atoms with Crippen molar-refractivity contribution in [3.05, 3.63) is 83.3 Å². The highest BCUT2D eigenvalue weighted by molar-refractivity contribution is 7.99. The number of benzene rings is 2. The monoisotopic (exact) mass is 443 g/mol. The Morgan fingerprint density at radius 2 is 1.69 bits per heavy atom. The summed E-state index contributed by atoms with van der Waals surface area (Å²) in [6, 6.07) is 20.1. The van der Waals surface area contributed by atoms with Gasteiger partial charge in [0.1, 0.15) is 0 Å². The Balaban J connectivity index is 1.46. The number of carbonyl (C=O) groups excluding carboxylic acids is 1. The van der Waals surface area contributed by atoms with Crippen LogP contribution in [0.3, 0.4) is 0 Å². The number of hydrogen-bond donors (Lipinski definition) is 1. The van der Waals surface area contributed by atoms with Gasteiger partial charge in [-0.15, -0.1) is 0 Å². The second-order valence-electron chi connectivity index (χ2n) is 7.67. The zero-order valence-corrected chi connectivity index (χ0v) is 19.4. The number of nitrogens with zero attached hydrogens (tertiary/aromatic N) is 4. The fourth-order valence-electron chi connectivity index (χ4n) is 3.43. The molecule has 1 amide bonds. The highest BCUT2D eigenvalue weighted by Gasteiger charge is 2.16. The molecule has 6 nitrogen and oxygen atoms in total. The van der Waals surface area contributed by atoms with Crippen LogP contribution in [0.15, 0.2) is 65.8 Å². The van der Waals surface area contributed by atoms with E-state index in [4.69, 9.17) is 0 Å². The summed E-state index contributed by atoms with van der Waals surface area (Å²) in [6.07, 6.45) is 0. The Morgan fingerprint density at radius 3 is 2.41 bits per heavy atom. The van der Waals surface area contributed by atoms with Gasteiger partial charge >= 0.3 is 0 Å². The van der Waals surface area contributed by atoms with Gasteiger partial charge in [0.15, 0.2) is 5.16 Å². The van der Waals surface area contributed by atoms with Gasteiger partial charge in [0.25, 0.3) is 0 Å². The number of nitrogens with one attached hydrogen (secondary N) is 1. The maximum absolute atomic E-state index is 12.7. The minimum atomic E-state index is -0.115. The van der Waals surface area contributed by atoms with E-state index >= 15 is 0 Å². The van der Waals surface area contributed by atoms with Crippen molar-refractivity contribution in [3.8, 4) is 16.9 Å². The van der Waals surface area contributed by atoms with E-state index in [1.807, 2.05) is 86.1 Å². The zero-order valence-electron chi connectivity index (χ0n) is 18.6. The number of rotatable bonds is 6. The van der Waals surface area contributed by atoms with Gasteiger partial charge in [-0.05, 0) is 45.9 Å². The molecule has 2 aromatic carbocycles. The number of amides is 1. The molecule has 2 heterocycles. The van der Waals surface area contributed by atoms with E-state index in [-0.39, 0.29) is 11.7 Å². The SMILES string of the molecule is Cc1ccc(-n2nc(C)c(NC(=O)CSc3nc(C)cc(-c4ccccc4)n3)c2C)cc1. The molecule has 0 bridgehead atoms. The minimum Gasteiger partial charge on any atom is -0.322 e. The van der Waals surface area contributed by atoms with Gasteiger partial charge < -0.3 is 5.32 Å². The number of carbonyl (C=O) groups is 1. The van der Waals surface area contributed by atoms with E-state index in [2.05, 4.69) is 27.3 Å². The topological polar surface area (TPSA) is 72.7 Å². The highest BCUT2D eigenvalue weighted by atomic mass is 32.2. The second-order valence-corrected chi connectivity index (χ2v) is 8.62. The number of aryl methyl sites for hydroxylation is 3. The van der Waals surface area contributed by atoms with Gasteiger partial charge in [-0.25, -0.2) is 14.6 Å². The maximum Gasteiger partial charge on any atom is 0.234 e. The van der Waals surface area contributed by atoms with Crippen LogP contribution in [0.25, 0.3) is 16.9 Å².